The van der Waals surface area contributed by atoms with Gasteiger partial charge in [-0.15, -0.1) is 13.2 Å². The number of ether oxygens (including phenoxy) is 2. The Morgan fingerprint density at radius 3 is 2.14 bits per heavy atom. The number of rotatable bonds is 7. The molecular formula is C18H26F3N3O4S. The van der Waals surface area contributed by atoms with Crippen LogP contribution in [0.1, 0.15) is 6.42 Å². The van der Waals surface area contributed by atoms with E-state index in [1.165, 1.54) is 16.4 Å². The van der Waals surface area contributed by atoms with E-state index in [2.05, 4.69) is 14.5 Å². The number of nitrogens with zero attached hydrogens (tertiary/aromatic N) is 3. The first-order valence-corrected chi connectivity index (χ1v) is 11.1. The quantitative estimate of drug-likeness (QED) is 0.646. The molecule has 0 aromatic heterocycles. The Morgan fingerprint density at radius 2 is 1.52 bits per heavy atom. The molecule has 29 heavy (non-hydrogen) atoms. The third-order valence-corrected chi connectivity index (χ3v) is 7.01. The second-order valence-electron chi connectivity index (χ2n) is 7.05. The fraction of sp³-hybridized carbons (Fsp3) is 0.667. The van der Waals surface area contributed by atoms with Crippen molar-refractivity contribution < 1.29 is 31.1 Å². The Morgan fingerprint density at radius 1 is 0.931 bits per heavy atom. The van der Waals surface area contributed by atoms with Gasteiger partial charge in [0.15, 0.2) is 0 Å². The third-order valence-electron chi connectivity index (χ3n) is 5.08. The molecule has 2 heterocycles. The van der Waals surface area contributed by atoms with Crippen LogP contribution in [0.25, 0.3) is 0 Å². The van der Waals surface area contributed by atoms with Crippen LogP contribution in [0.15, 0.2) is 29.2 Å². The van der Waals surface area contributed by atoms with Gasteiger partial charge in [-0.05, 0) is 31.6 Å². The van der Waals surface area contributed by atoms with Crippen molar-refractivity contribution in [2.24, 2.45) is 0 Å². The lowest BCUT2D eigenvalue weighted by molar-refractivity contribution is -0.275. The maximum Gasteiger partial charge on any atom is 0.573 e. The Hall–Kier alpha value is -1.40. The number of alkyl halides is 3. The van der Waals surface area contributed by atoms with Crippen LogP contribution in [-0.2, 0) is 14.8 Å². The normalized spacial score (nSPS) is 20.7. The second-order valence-corrected chi connectivity index (χ2v) is 8.95. The van der Waals surface area contributed by atoms with E-state index in [4.69, 9.17) is 4.74 Å². The van der Waals surface area contributed by atoms with Crippen LogP contribution >= 0.6 is 0 Å². The molecule has 11 heteroatoms. The molecule has 0 N–H and O–H groups in total. The highest BCUT2D eigenvalue weighted by Gasteiger charge is 2.36. The van der Waals surface area contributed by atoms with E-state index in [1.54, 1.807) is 0 Å². The van der Waals surface area contributed by atoms with E-state index < -0.39 is 27.0 Å². The number of hydrogen-bond acceptors (Lipinski definition) is 6. The molecule has 1 aromatic rings. The zero-order chi connectivity index (χ0) is 20.9. The van der Waals surface area contributed by atoms with Gasteiger partial charge in [0, 0.05) is 39.3 Å². The van der Waals surface area contributed by atoms with E-state index in [1.807, 2.05) is 0 Å². The number of benzene rings is 1. The largest absolute Gasteiger partial charge is 0.573 e. The average Bonchev–Trinajstić information content (AvgIpc) is 2.68. The SMILES string of the molecule is O=S(=O)(c1ccccc1OC(F)(F)F)N1CCN(CCCN2CCOCC2)CC1. The highest BCUT2D eigenvalue weighted by Crippen LogP contribution is 2.31. The van der Waals surface area contributed by atoms with Gasteiger partial charge in [-0.1, -0.05) is 12.1 Å². The number of morpholine rings is 1. The summed E-state index contributed by atoms with van der Waals surface area (Å²) in [7, 11) is -4.07. The molecule has 7 nitrogen and oxygen atoms in total. The Bertz CT molecular complexity index is 762. The zero-order valence-corrected chi connectivity index (χ0v) is 16.9. The molecular weight excluding hydrogens is 411 g/mol. The predicted molar refractivity (Wildman–Crippen MR) is 100 cm³/mol. The number of halogens is 3. The number of sulfonamides is 1. The van der Waals surface area contributed by atoms with E-state index in [9.17, 15) is 21.6 Å². The lowest BCUT2D eigenvalue weighted by Gasteiger charge is -2.34. The summed E-state index contributed by atoms with van der Waals surface area (Å²) < 4.78 is 74.0. The third kappa shape index (κ3) is 6.29. The maximum absolute atomic E-state index is 12.9. The lowest BCUT2D eigenvalue weighted by atomic mass is 10.3. The van der Waals surface area contributed by atoms with Gasteiger partial charge in [0.05, 0.1) is 13.2 Å². The van der Waals surface area contributed by atoms with Gasteiger partial charge in [0.25, 0.3) is 0 Å². The standard InChI is InChI=1S/C18H26F3N3O4S/c19-18(20,21)28-16-4-1-2-5-17(16)29(25,26)24-10-8-22(9-11-24)6-3-7-23-12-14-27-15-13-23/h1-2,4-5H,3,6-15H2. The van der Waals surface area contributed by atoms with Crippen molar-refractivity contribution in [2.75, 3.05) is 65.6 Å². The maximum atomic E-state index is 12.9. The van der Waals surface area contributed by atoms with Crippen LogP contribution in [0.5, 0.6) is 5.75 Å². The van der Waals surface area contributed by atoms with Crippen LogP contribution < -0.4 is 4.74 Å². The van der Waals surface area contributed by atoms with E-state index in [-0.39, 0.29) is 13.1 Å². The highest BCUT2D eigenvalue weighted by atomic mass is 32.2. The summed E-state index contributed by atoms with van der Waals surface area (Å²) >= 11 is 0. The summed E-state index contributed by atoms with van der Waals surface area (Å²) in [6, 6.07) is 4.86. The van der Waals surface area contributed by atoms with E-state index >= 15 is 0 Å². The van der Waals surface area contributed by atoms with E-state index in [0.717, 1.165) is 57.9 Å². The minimum atomic E-state index is -4.95. The highest BCUT2D eigenvalue weighted by molar-refractivity contribution is 7.89. The van der Waals surface area contributed by atoms with Crippen molar-refractivity contribution >= 4 is 10.0 Å². The van der Waals surface area contributed by atoms with Crippen LogP contribution in [-0.4, -0.2) is 94.5 Å². The fourth-order valence-electron chi connectivity index (χ4n) is 3.55. The molecule has 0 radical (unpaired) electrons. The first-order valence-electron chi connectivity index (χ1n) is 9.63. The summed E-state index contributed by atoms with van der Waals surface area (Å²) in [5, 5.41) is 0. The first-order chi connectivity index (χ1) is 13.8. The Balaban J connectivity index is 1.53. The molecule has 1 aromatic carbocycles. The van der Waals surface area contributed by atoms with Gasteiger partial charge in [-0.3, -0.25) is 4.90 Å². The van der Waals surface area contributed by atoms with Gasteiger partial charge in [-0.25, -0.2) is 8.42 Å². The van der Waals surface area contributed by atoms with Crippen molar-refractivity contribution in [1.82, 2.24) is 14.1 Å². The van der Waals surface area contributed by atoms with E-state index in [0.29, 0.717) is 13.1 Å². The molecule has 2 saturated heterocycles. The Labute approximate surface area is 169 Å². The molecule has 2 aliphatic rings. The lowest BCUT2D eigenvalue weighted by Crippen LogP contribution is -2.49. The number of para-hydroxylation sites is 1. The molecule has 0 bridgehead atoms. The molecule has 2 fully saturated rings. The van der Waals surface area contributed by atoms with Crippen LogP contribution in [0, 0.1) is 0 Å². The van der Waals surface area contributed by atoms with Crippen LogP contribution in [0.4, 0.5) is 13.2 Å². The number of piperazine rings is 1. The first kappa shape index (κ1) is 22.3. The zero-order valence-electron chi connectivity index (χ0n) is 16.1. The summed E-state index contributed by atoms with van der Waals surface area (Å²) in [6.45, 7) is 6.79. The number of hydrogen-bond donors (Lipinski definition) is 0. The molecule has 0 aliphatic carbocycles. The van der Waals surface area contributed by atoms with Gasteiger partial charge < -0.3 is 14.4 Å². The predicted octanol–water partition coefficient (Wildman–Crippen LogP) is 1.61. The minimum Gasteiger partial charge on any atom is -0.404 e. The topological polar surface area (TPSA) is 62.3 Å². The van der Waals surface area contributed by atoms with Gasteiger partial charge in [-0.2, -0.15) is 4.31 Å². The molecule has 3 rings (SSSR count). The van der Waals surface area contributed by atoms with Crippen molar-refractivity contribution in [1.29, 1.82) is 0 Å². The van der Waals surface area contributed by atoms with Gasteiger partial charge in [0.1, 0.15) is 10.6 Å². The van der Waals surface area contributed by atoms with Crippen molar-refractivity contribution in [3.63, 3.8) is 0 Å². The summed E-state index contributed by atoms with van der Waals surface area (Å²) in [4.78, 5) is 4.07. The van der Waals surface area contributed by atoms with Crippen molar-refractivity contribution in [3.8, 4) is 5.75 Å². The Kier molecular flexibility index (Phi) is 7.38. The summed E-state index contributed by atoms with van der Waals surface area (Å²) in [6.07, 6.45) is -3.97. The molecule has 0 saturated carbocycles. The second kappa shape index (κ2) is 9.61. The monoisotopic (exact) mass is 437 g/mol. The average molecular weight is 437 g/mol. The fourth-order valence-corrected chi connectivity index (χ4v) is 5.08. The molecule has 164 valence electrons. The summed E-state index contributed by atoms with van der Waals surface area (Å²) in [5.41, 5.74) is 0. The molecule has 0 spiro atoms. The van der Waals surface area contributed by atoms with Gasteiger partial charge >= 0.3 is 6.36 Å². The van der Waals surface area contributed by atoms with Crippen molar-refractivity contribution in [3.05, 3.63) is 24.3 Å². The van der Waals surface area contributed by atoms with Crippen molar-refractivity contribution in [2.45, 2.75) is 17.7 Å². The smallest absolute Gasteiger partial charge is 0.404 e. The van der Waals surface area contributed by atoms with Gasteiger partial charge in [0.2, 0.25) is 10.0 Å². The summed E-state index contributed by atoms with van der Waals surface area (Å²) in [5.74, 6) is -0.701. The molecule has 0 amide bonds. The van der Waals surface area contributed by atoms with Crippen LogP contribution in [0.2, 0.25) is 0 Å². The molecule has 2 aliphatic heterocycles. The molecule has 0 unspecified atom stereocenters. The molecule has 0 atom stereocenters. The minimum absolute atomic E-state index is 0.236. The van der Waals surface area contributed by atoms with Crippen LogP contribution in [0.3, 0.4) is 0 Å².